The number of anilines is 1. The number of carbonyl (C=O) groups excluding carboxylic acids is 1. The number of amides is 1. The monoisotopic (exact) mass is 288 g/mol. The summed E-state index contributed by atoms with van der Waals surface area (Å²) in [6.07, 6.45) is 1.04. The number of rotatable bonds is 3. The Morgan fingerprint density at radius 3 is 2.67 bits per heavy atom. The highest BCUT2D eigenvalue weighted by atomic mass is 19.1. The molecule has 1 N–H and O–H groups in total. The number of pyridine rings is 1. The van der Waals surface area contributed by atoms with Crippen molar-refractivity contribution in [2.45, 2.75) is 26.8 Å². The van der Waals surface area contributed by atoms with Crippen molar-refractivity contribution < 1.29 is 9.18 Å². The molecule has 0 spiro atoms. The van der Waals surface area contributed by atoms with Gasteiger partial charge in [-0.1, -0.05) is 12.1 Å². The number of benzene rings is 1. The molecular formula is C16H17FN2O2. The van der Waals surface area contributed by atoms with Crippen molar-refractivity contribution in [3.63, 3.8) is 0 Å². The molecule has 0 saturated carbocycles. The maximum Gasteiger partial charge on any atom is 0.251 e. The molecule has 0 aliphatic heterocycles. The molecule has 1 amide bonds. The highest BCUT2D eigenvalue weighted by Crippen LogP contribution is 2.19. The van der Waals surface area contributed by atoms with Crippen LogP contribution in [0.1, 0.15) is 24.1 Å². The minimum absolute atomic E-state index is 0.364. The summed E-state index contributed by atoms with van der Waals surface area (Å²) in [5.74, 6) is -0.919. The first-order chi connectivity index (χ1) is 9.90. The van der Waals surface area contributed by atoms with E-state index in [9.17, 15) is 14.0 Å². The highest BCUT2D eigenvalue weighted by Gasteiger charge is 2.17. The van der Waals surface area contributed by atoms with E-state index in [1.165, 1.54) is 0 Å². The van der Waals surface area contributed by atoms with Crippen molar-refractivity contribution in [2.75, 3.05) is 5.32 Å². The van der Waals surface area contributed by atoms with Crippen LogP contribution in [0.25, 0.3) is 0 Å². The second-order valence-electron chi connectivity index (χ2n) is 5.01. The zero-order valence-electron chi connectivity index (χ0n) is 12.2. The van der Waals surface area contributed by atoms with Crippen LogP contribution < -0.4 is 10.9 Å². The summed E-state index contributed by atoms with van der Waals surface area (Å²) in [6.45, 7) is 5.41. The topological polar surface area (TPSA) is 51.1 Å². The maximum absolute atomic E-state index is 13.2. The summed E-state index contributed by atoms with van der Waals surface area (Å²) in [5.41, 5.74) is 2.30. The molecule has 1 unspecified atom stereocenters. The number of nitrogens with one attached hydrogen (secondary N) is 1. The van der Waals surface area contributed by atoms with E-state index in [1.54, 1.807) is 13.0 Å². The third kappa shape index (κ3) is 3.18. The first-order valence-electron chi connectivity index (χ1n) is 6.65. The van der Waals surface area contributed by atoms with Gasteiger partial charge in [0.1, 0.15) is 11.9 Å². The number of nitrogens with zero attached hydrogens (tertiary/aromatic N) is 1. The van der Waals surface area contributed by atoms with E-state index < -0.39 is 17.4 Å². The highest BCUT2D eigenvalue weighted by molar-refractivity contribution is 5.94. The standard InChI is InChI=1S/C16H17FN2O2/c1-10-5-4-6-14(11(10)2)18-16(21)12(3)19-9-13(17)7-8-15(19)20/h4-9,12H,1-3H3,(H,18,21). The third-order valence-corrected chi connectivity index (χ3v) is 3.56. The summed E-state index contributed by atoms with van der Waals surface area (Å²) in [4.78, 5) is 24.0. The van der Waals surface area contributed by atoms with Gasteiger partial charge in [0.15, 0.2) is 0 Å². The summed E-state index contributed by atoms with van der Waals surface area (Å²) in [7, 11) is 0. The summed E-state index contributed by atoms with van der Waals surface area (Å²) < 4.78 is 14.3. The molecule has 1 aromatic carbocycles. The van der Waals surface area contributed by atoms with E-state index in [-0.39, 0.29) is 5.91 Å². The van der Waals surface area contributed by atoms with Crippen molar-refractivity contribution in [1.29, 1.82) is 0 Å². The summed E-state index contributed by atoms with van der Waals surface area (Å²) in [5, 5.41) is 2.77. The molecule has 5 heteroatoms. The van der Waals surface area contributed by atoms with E-state index in [2.05, 4.69) is 5.32 Å². The average Bonchev–Trinajstić information content (AvgIpc) is 2.45. The van der Waals surface area contributed by atoms with Crippen LogP contribution in [0.2, 0.25) is 0 Å². The van der Waals surface area contributed by atoms with Gasteiger partial charge in [0, 0.05) is 18.0 Å². The van der Waals surface area contributed by atoms with Gasteiger partial charge in [-0.2, -0.15) is 0 Å². The van der Waals surface area contributed by atoms with Gasteiger partial charge in [-0.15, -0.1) is 0 Å². The Morgan fingerprint density at radius 2 is 1.95 bits per heavy atom. The minimum atomic E-state index is -0.798. The molecule has 1 heterocycles. The molecule has 0 saturated heterocycles. The zero-order chi connectivity index (χ0) is 15.6. The maximum atomic E-state index is 13.2. The Labute approximate surface area is 122 Å². The number of aryl methyl sites for hydroxylation is 1. The van der Waals surface area contributed by atoms with Crippen molar-refractivity contribution in [3.05, 3.63) is 63.8 Å². The van der Waals surface area contributed by atoms with E-state index in [0.717, 1.165) is 34.0 Å². The second-order valence-corrected chi connectivity index (χ2v) is 5.01. The number of hydrogen-bond acceptors (Lipinski definition) is 2. The first-order valence-corrected chi connectivity index (χ1v) is 6.65. The lowest BCUT2D eigenvalue weighted by molar-refractivity contribution is -0.118. The quantitative estimate of drug-likeness (QED) is 0.944. The fourth-order valence-electron chi connectivity index (χ4n) is 2.03. The van der Waals surface area contributed by atoms with Gasteiger partial charge in [-0.3, -0.25) is 9.59 Å². The Hall–Kier alpha value is -2.43. The van der Waals surface area contributed by atoms with Crippen LogP contribution >= 0.6 is 0 Å². The van der Waals surface area contributed by atoms with Crippen LogP contribution in [0.4, 0.5) is 10.1 Å². The first kappa shape index (κ1) is 15.0. The second kappa shape index (κ2) is 5.91. The molecule has 0 aliphatic rings. The average molecular weight is 288 g/mol. The lowest BCUT2D eigenvalue weighted by Crippen LogP contribution is -2.31. The largest absolute Gasteiger partial charge is 0.324 e. The van der Waals surface area contributed by atoms with Crippen molar-refractivity contribution in [3.8, 4) is 0 Å². The van der Waals surface area contributed by atoms with E-state index >= 15 is 0 Å². The predicted octanol–water partition coefficient (Wildman–Crippen LogP) is 2.80. The fourth-order valence-corrected chi connectivity index (χ4v) is 2.03. The van der Waals surface area contributed by atoms with E-state index in [1.807, 2.05) is 26.0 Å². The Bertz CT molecular complexity index is 737. The molecule has 21 heavy (non-hydrogen) atoms. The number of aromatic nitrogens is 1. The molecule has 0 bridgehead atoms. The normalized spacial score (nSPS) is 12.0. The van der Waals surface area contributed by atoms with Crippen LogP contribution in [0.3, 0.4) is 0 Å². The number of halogens is 1. The van der Waals surface area contributed by atoms with Crippen LogP contribution in [-0.2, 0) is 4.79 Å². The lowest BCUT2D eigenvalue weighted by atomic mass is 10.1. The molecule has 1 aromatic heterocycles. The van der Waals surface area contributed by atoms with Gasteiger partial charge in [0.25, 0.3) is 5.56 Å². The number of hydrogen-bond donors (Lipinski definition) is 1. The van der Waals surface area contributed by atoms with E-state index in [4.69, 9.17) is 0 Å². The van der Waals surface area contributed by atoms with Crippen LogP contribution in [-0.4, -0.2) is 10.5 Å². The Balaban J connectivity index is 2.26. The van der Waals surface area contributed by atoms with Crippen molar-refractivity contribution >= 4 is 11.6 Å². The van der Waals surface area contributed by atoms with Gasteiger partial charge >= 0.3 is 0 Å². The molecule has 2 rings (SSSR count). The molecule has 2 aromatic rings. The third-order valence-electron chi connectivity index (χ3n) is 3.56. The van der Waals surface area contributed by atoms with Gasteiger partial charge < -0.3 is 9.88 Å². The van der Waals surface area contributed by atoms with Crippen LogP contribution in [0.5, 0.6) is 0 Å². The van der Waals surface area contributed by atoms with Crippen molar-refractivity contribution in [2.24, 2.45) is 0 Å². The molecular weight excluding hydrogens is 271 g/mol. The van der Waals surface area contributed by atoms with Crippen LogP contribution in [0.15, 0.2) is 41.3 Å². The molecule has 1 atom stereocenters. The molecule has 110 valence electrons. The van der Waals surface area contributed by atoms with Crippen molar-refractivity contribution in [1.82, 2.24) is 4.57 Å². The number of carbonyl (C=O) groups is 1. The summed E-state index contributed by atoms with van der Waals surface area (Å²) in [6, 6.07) is 6.97. The van der Waals surface area contributed by atoms with Gasteiger partial charge in [0.05, 0.1) is 0 Å². The Kier molecular flexibility index (Phi) is 4.21. The zero-order valence-corrected chi connectivity index (χ0v) is 12.2. The van der Waals surface area contributed by atoms with Gasteiger partial charge in [-0.25, -0.2) is 4.39 Å². The van der Waals surface area contributed by atoms with Crippen LogP contribution in [0, 0.1) is 19.7 Å². The molecule has 0 radical (unpaired) electrons. The SMILES string of the molecule is Cc1cccc(NC(=O)C(C)n2cc(F)ccc2=O)c1C. The van der Waals surface area contributed by atoms with Gasteiger partial charge in [0.2, 0.25) is 5.91 Å². The van der Waals surface area contributed by atoms with Gasteiger partial charge in [-0.05, 0) is 44.0 Å². The predicted molar refractivity (Wildman–Crippen MR) is 79.9 cm³/mol. The lowest BCUT2D eigenvalue weighted by Gasteiger charge is -2.16. The fraction of sp³-hybridized carbons (Fsp3) is 0.250. The summed E-state index contributed by atoms with van der Waals surface area (Å²) >= 11 is 0. The Morgan fingerprint density at radius 1 is 1.24 bits per heavy atom. The molecule has 0 fully saturated rings. The smallest absolute Gasteiger partial charge is 0.251 e. The van der Waals surface area contributed by atoms with E-state index in [0.29, 0.717) is 5.69 Å². The molecule has 4 nitrogen and oxygen atoms in total. The minimum Gasteiger partial charge on any atom is -0.324 e. The molecule has 0 aliphatic carbocycles.